The van der Waals surface area contributed by atoms with Crippen molar-refractivity contribution < 1.29 is 9.59 Å². The smallest absolute Gasteiger partial charge is 0.245 e. The molecule has 0 bridgehead atoms. The highest BCUT2D eigenvalue weighted by Crippen LogP contribution is 2.38. The fraction of sp³-hybridized carbons (Fsp3) is 0.889. The number of alkyl halides is 1. The molecule has 0 aromatic heterocycles. The first-order chi connectivity index (χ1) is 11.9. The molecule has 0 aromatic rings. The lowest BCUT2D eigenvalue weighted by Crippen LogP contribution is -2.60. The number of hydrogen-bond donors (Lipinski definition) is 3. The number of thioether (sulfide) groups is 1. The van der Waals surface area contributed by atoms with Crippen molar-refractivity contribution in [3.8, 4) is 0 Å². The van der Waals surface area contributed by atoms with Crippen LogP contribution in [0.15, 0.2) is 0 Å². The lowest BCUT2D eigenvalue weighted by molar-refractivity contribution is -0.134. The lowest BCUT2D eigenvalue weighted by atomic mass is 9.82. The molecule has 1 aliphatic heterocycles. The molecule has 1 heterocycles. The number of hydrogen-bond acceptors (Lipinski definition) is 4. The highest BCUT2D eigenvalue weighted by Gasteiger charge is 2.45. The molecule has 0 spiro atoms. The second kappa shape index (κ2) is 8.17. The van der Waals surface area contributed by atoms with E-state index < -0.39 is 5.54 Å². The van der Waals surface area contributed by atoms with Crippen LogP contribution >= 0.6 is 27.7 Å². The Hall–Kier alpha value is -0.270. The fourth-order valence-electron chi connectivity index (χ4n) is 4.37. The molecule has 3 rings (SSSR count). The van der Waals surface area contributed by atoms with Gasteiger partial charge in [0.15, 0.2) is 0 Å². The molecule has 2 amide bonds. The molecule has 1 saturated heterocycles. The van der Waals surface area contributed by atoms with E-state index in [9.17, 15) is 9.59 Å². The minimum absolute atomic E-state index is 0.0180. The molecule has 25 heavy (non-hydrogen) atoms. The maximum absolute atomic E-state index is 13.1. The monoisotopic (exact) mass is 431 g/mol. The zero-order valence-corrected chi connectivity index (χ0v) is 17.3. The maximum atomic E-state index is 13.1. The number of rotatable bonds is 4. The van der Waals surface area contributed by atoms with Crippen LogP contribution in [0.2, 0.25) is 0 Å². The van der Waals surface area contributed by atoms with Crippen molar-refractivity contribution in [2.75, 3.05) is 0 Å². The van der Waals surface area contributed by atoms with Crippen molar-refractivity contribution in [2.24, 2.45) is 11.7 Å². The Kier molecular flexibility index (Phi) is 6.37. The van der Waals surface area contributed by atoms with Gasteiger partial charge in [-0.1, -0.05) is 35.7 Å². The van der Waals surface area contributed by atoms with E-state index in [2.05, 4.69) is 33.5 Å². The Morgan fingerprint density at radius 1 is 1.16 bits per heavy atom. The summed E-state index contributed by atoms with van der Waals surface area (Å²) in [4.78, 5) is 25.8. The molecule has 4 N–H and O–H groups in total. The SMILES string of the molecule is CC1CC(NC(=O)C2(NC(=O)C3CCC(Br)S3)CCCC2)CCC1N. The van der Waals surface area contributed by atoms with Crippen LogP contribution in [0.25, 0.3) is 0 Å². The van der Waals surface area contributed by atoms with Gasteiger partial charge in [-0.05, 0) is 50.9 Å². The summed E-state index contributed by atoms with van der Waals surface area (Å²) in [5, 5.41) is 6.34. The van der Waals surface area contributed by atoms with Crippen LogP contribution in [-0.2, 0) is 9.59 Å². The van der Waals surface area contributed by atoms with E-state index in [0.29, 0.717) is 10.1 Å². The van der Waals surface area contributed by atoms with Crippen LogP contribution < -0.4 is 16.4 Å². The Morgan fingerprint density at radius 3 is 2.48 bits per heavy atom. The van der Waals surface area contributed by atoms with E-state index in [-0.39, 0.29) is 29.1 Å². The van der Waals surface area contributed by atoms with Gasteiger partial charge >= 0.3 is 0 Å². The quantitative estimate of drug-likeness (QED) is 0.597. The average Bonchev–Trinajstić information content (AvgIpc) is 3.21. The Balaban J connectivity index is 1.61. The van der Waals surface area contributed by atoms with Crippen molar-refractivity contribution in [3.05, 3.63) is 0 Å². The second-order valence-corrected chi connectivity index (χ2v) is 11.1. The highest BCUT2D eigenvalue weighted by molar-refractivity contribution is 9.11. The van der Waals surface area contributed by atoms with Crippen molar-refractivity contribution in [2.45, 2.75) is 91.7 Å². The van der Waals surface area contributed by atoms with E-state index in [0.717, 1.165) is 57.8 Å². The molecule has 2 saturated carbocycles. The van der Waals surface area contributed by atoms with Gasteiger partial charge in [-0.3, -0.25) is 9.59 Å². The van der Waals surface area contributed by atoms with Crippen molar-refractivity contribution in [1.82, 2.24) is 10.6 Å². The summed E-state index contributed by atoms with van der Waals surface area (Å²) >= 11 is 5.23. The Bertz CT molecular complexity index is 513. The zero-order valence-electron chi connectivity index (χ0n) is 14.9. The average molecular weight is 432 g/mol. The van der Waals surface area contributed by atoms with Gasteiger partial charge in [0.25, 0.3) is 0 Å². The normalized spacial score (nSPS) is 37.6. The van der Waals surface area contributed by atoms with Crippen LogP contribution in [0.3, 0.4) is 0 Å². The van der Waals surface area contributed by atoms with Gasteiger partial charge in [0, 0.05) is 12.1 Å². The summed E-state index contributed by atoms with van der Waals surface area (Å²) in [7, 11) is 0. The van der Waals surface area contributed by atoms with Crippen molar-refractivity contribution in [3.63, 3.8) is 0 Å². The Labute approximate surface area is 163 Å². The Morgan fingerprint density at radius 2 is 1.88 bits per heavy atom. The van der Waals surface area contributed by atoms with Gasteiger partial charge in [-0.15, -0.1) is 11.8 Å². The van der Waals surface area contributed by atoms with Gasteiger partial charge in [0.1, 0.15) is 5.54 Å². The minimum atomic E-state index is -0.704. The van der Waals surface area contributed by atoms with Gasteiger partial charge in [-0.2, -0.15) is 0 Å². The molecule has 7 heteroatoms. The first kappa shape index (κ1) is 19.5. The summed E-state index contributed by atoms with van der Waals surface area (Å²) < 4.78 is 0.351. The third-order valence-electron chi connectivity index (χ3n) is 6.09. The van der Waals surface area contributed by atoms with Gasteiger partial charge in [0.2, 0.25) is 11.8 Å². The van der Waals surface area contributed by atoms with E-state index in [1.165, 1.54) is 0 Å². The molecular formula is C18H30BrN3O2S. The van der Waals surface area contributed by atoms with Crippen LogP contribution in [0.1, 0.15) is 64.7 Å². The zero-order chi connectivity index (χ0) is 18.0. The number of amides is 2. The van der Waals surface area contributed by atoms with Gasteiger partial charge in [-0.25, -0.2) is 0 Å². The highest BCUT2D eigenvalue weighted by atomic mass is 79.9. The number of halogens is 1. The van der Waals surface area contributed by atoms with E-state index in [1.807, 2.05) is 0 Å². The van der Waals surface area contributed by atoms with Crippen molar-refractivity contribution in [1.29, 1.82) is 0 Å². The standard InChI is InChI=1S/C18H30BrN3O2S/c1-11-10-12(4-5-13(11)20)21-17(24)18(8-2-3-9-18)22-16(23)14-6-7-15(19)25-14/h11-15H,2-10,20H2,1H3,(H,21,24)(H,22,23). The number of carbonyl (C=O) groups is 2. The third kappa shape index (κ3) is 4.53. The fourth-order valence-corrected chi connectivity index (χ4v) is 6.50. The largest absolute Gasteiger partial charge is 0.351 e. The summed E-state index contributed by atoms with van der Waals surface area (Å²) in [6, 6.07) is 0.425. The number of carbonyl (C=O) groups excluding carboxylic acids is 2. The molecule has 5 atom stereocenters. The van der Waals surface area contributed by atoms with E-state index >= 15 is 0 Å². The molecule has 0 aromatic carbocycles. The molecule has 3 fully saturated rings. The predicted octanol–water partition coefficient (Wildman–Crippen LogP) is 2.66. The van der Waals surface area contributed by atoms with Gasteiger partial charge in [0.05, 0.1) is 9.41 Å². The van der Waals surface area contributed by atoms with Crippen LogP contribution in [0, 0.1) is 5.92 Å². The van der Waals surface area contributed by atoms with E-state index in [4.69, 9.17) is 5.73 Å². The molecule has 5 nitrogen and oxygen atoms in total. The molecular weight excluding hydrogens is 402 g/mol. The topological polar surface area (TPSA) is 84.2 Å². The number of nitrogens with two attached hydrogens (primary N) is 1. The molecule has 2 aliphatic carbocycles. The minimum Gasteiger partial charge on any atom is -0.351 e. The summed E-state index contributed by atoms with van der Waals surface area (Å²) in [5.74, 6) is 0.478. The molecule has 3 aliphatic rings. The first-order valence-corrected chi connectivity index (χ1v) is 11.4. The predicted molar refractivity (Wildman–Crippen MR) is 106 cm³/mol. The molecule has 5 unspecified atom stereocenters. The van der Waals surface area contributed by atoms with E-state index in [1.54, 1.807) is 11.8 Å². The van der Waals surface area contributed by atoms with Crippen LogP contribution in [-0.4, -0.2) is 38.8 Å². The summed E-state index contributed by atoms with van der Waals surface area (Å²) in [6.07, 6.45) is 8.20. The summed E-state index contributed by atoms with van der Waals surface area (Å²) in [5.41, 5.74) is 5.39. The van der Waals surface area contributed by atoms with Gasteiger partial charge < -0.3 is 16.4 Å². The third-order valence-corrected chi connectivity index (χ3v) is 8.50. The number of nitrogens with one attached hydrogen (secondary N) is 2. The second-order valence-electron chi connectivity index (χ2n) is 8.02. The maximum Gasteiger partial charge on any atom is 0.245 e. The molecule has 142 valence electrons. The van der Waals surface area contributed by atoms with Crippen LogP contribution in [0.5, 0.6) is 0 Å². The first-order valence-electron chi connectivity index (χ1n) is 9.58. The summed E-state index contributed by atoms with van der Waals surface area (Å²) in [6.45, 7) is 2.16. The molecule has 0 radical (unpaired) electrons. The van der Waals surface area contributed by atoms with Crippen LogP contribution in [0.4, 0.5) is 0 Å². The van der Waals surface area contributed by atoms with Crippen molar-refractivity contribution >= 4 is 39.5 Å². The lowest BCUT2D eigenvalue weighted by Gasteiger charge is -2.36.